The Morgan fingerprint density at radius 3 is 2.81 bits per heavy atom. The van der Waals surface area contributed by atoms with Crippen LogP contribution in [0.2, 0.25) is 0 Å². The van der Waals surface area contributed by atoms with E-state index < -0.39 is 9.84 Å². The monoisotopic (exact) mass is 245 g/mol. The first-order chi connectivity index (χ1) is 7.44. The largest absolute Gasteiger partial charge is 0.342 e. The van der Waals surface area contributed by atoms with Gasteiger partial charge >= 0.3 is 0 Å². The molecule has 1 fully saturated rings. The van der Waals surface area contributed by atoms with E-state index >= 15 is 0 Å². The highest BCUT2D eigenvalue weighted by atomic mass is 32.2. The fourth-order valence-corrected chi connectivity index (χ4v) is 2.97. The molecule has 16 heavy (non-hydrogen) atoms. The molecule has 0 spiro atoms. The molecule has 1 heterocycles. The van der Waals surface area contributed by atoms with Crippen LogP contribution in [0.1, 0.15) is 19.8 Å². The van der Waals surface area contributed by atoms with E-state index in [9.17, 15) is 13.2 Å². The Kier molecular flexibility index (Phi) is 4.53. The molecule has 0 aromatic rings. The Bertz CT molecular complexity index is 361. The third-order valence-electron chi connectivity index (χ3n) is 2.72. The van der Waals surface area contributed by atoms with E-state index in [0.717, 1.165) is 12.8 Å². The summed E-state index contributed by atoms with van der Waals surface area (Å²) >= 11 is 0. The number of nitrogens with zero attached hydrogens (tertiary/aromatic N) is 1. The molecule has 92 valence electrons. The van der Waals surface area contributed by atoms with Crippen LogP contribution in [-0.4, -0.2) is 43.8 Å². The molecule has 1 aliphatic rings. The highest BCUT2D eigenvalue weighted by molar-refractivity contribution is 7.92. The summed E-state index contributed by atoms with van der Waals surface area (Å²) in [5, 5.41) is 0. The van der Waals surface area contributed by atoms with Gasteiger partial charge in [-0.25, -0.2) is 8.42 Å². The van der Waals surface area contributed by atoms with E-state index in [1.165, 1.54) is 6.08 Å². The Morgan fingerprint density at radius 1 is 1.56 bits per heavy atom. The number of carbonyl (C=O) groups excluding carboxylic acids is 1. The highest BCUT2D eigenvalue weighted by Crippen LogP contribution is 2.15. The van der Waals surface area contributed by atoms with Crippen LogP contribution in [0, 0.1) is 5.92 Å². The number of likely N-dealkylation sites (tertiary alicyclic amines) is 1. The molecule has 0 aromatic heterocycles. The lowest BCUT2D eigenvalue weighted by Crippen LogP contribution is -2.42. The minimum Gasteiger partial charge on any atom is -0.342 e. The summed E-state index contributed by atoms with van der Waals surface area (Å²) in [6.07, 6.45) is 3.40. The zero-order valence-corrected chi connectivity index (χ0v) is 10.5. The van der Waals surface area contributed by atoms with Gasteiger partial charge in [-0.2, -0.15) is 0 Å². The molecule has 0 bridgehead atoms. The standard InChI is InChI=1S/C11H19NO3S/c1-3-7-16(14,15)9-11(13)12-6-4-5-10(2)8-12/h3,10H,1,4-9H2,2H3. The minimum atomic E-state index is -3.31. The lowest BCUT2D eigenvalue weighted by atomic mass is 10.0. The highest BCUT2D eigenvalue weighted by Gasteiger charge is 2.24. The van der Waals surface area contributed by atoms with E-state index in [0.29, 0.717) is 19.0 Å². The molecule has 1 unspecified atom stereocenters. The molecule has 0 aliphatic carbocycles. The number of hydrogen-bond acceptors (Lipinski definition) is 3. The van der Waals surface area contributed by atoms with E-state index in [-0.39, 0.29) is 17.4 Å². The van der Waals surface area contributed by atoms with Gasteiger partial charge in [-0.1, -0.05) is 13.0 Å². The maximum Gasteiger partial charge on any atom is 0.237 e. The summed E-state index contributed by atoms with van der Waals surface area (Å²) in [4.78, 5) is 13.4. The smallest absolute Gasteiger partial charge is 0.237 e. The third-order valence-corrected chi connectivity index (χ3v) is 4.16. The van der Waals surface area contributed by atoms with Gasteiger partial charge in [0.25, 0.3) is 0 Å². The van der Waals surface area contributed by atoms with Crippen LogP contribution in [0.15, 0.2) is 12.7 Å². The number of carbonyl (C=O) groups is 1. The molecule has 0 saturated carbocycles. The summed E-state index contributed by atoms with van der Waals surface area (Å²) in [6, 6.07) is 0. The second-order valence-corrected chi connectivity index (χ2v) is 6.54. The summed E-state index contributed by atoms with van der Waals surface area (Å²) in [7, 11) is -3.31. The van der Waals surface area contributed by atoms with Gasteiger partial charge in [-0.15, -0.1) is 6.58 Å². The van der Waals surface area contributed by atoms with Gasteiger partial charge in [0.05, 0.1) is 5.75 Å². The molecule has 4 nitrogen and oxygen atoms in total. The quantitative estimate of drug-likeness (QED) is 0.690. The summed E-state index contributed by atoms with van der Waals surface area (Å²) < 4.78 is 22.9. The normalized spacial score (nSPS) is 21.8. The maximum absolute atomic E-state index is 11.7. The second kappa shape index (κ2) is 5.48. The number of rotatable bonds is 4. The van der Waals surface area contributed by atoms with Crippen LogP contribution in [0.5, 0.6) is 0 Å². The van der Waals surface area contributed by atoms with Crippen molar-refractivity contribution in [2.24, 2.45) is 5.92 Å². The molecule has 5 heteroatoms. The Balaban J connectivity index is 2.55. The molecular formula is C11H19NO3S. The average Bonchev–Trinajstić information content (AvgIpc) is 2.16. The van der Waals surface area contributed by atoms with Crippen molar-refractivity contribution >= 4 is 15.7 Å². The molecule has 1 saturated heterocycles. The Hall–Kier alpha value is -0.840. The molecule has 0 N–H and O–H groups in total. The molecule has 1 aliphatic heterocycles. The van der Waals surface area contributed by atoms with E-state index in [2.05, 4.69) is 13.5 Å². The predicted octanol–water partition coefficient (Wildman–Crippen LogP) is 0.846. The first-order valence-electron chi connectivity index (χ1n) is 5.53. The molecule has 1 atom stereocenters. The summed E-state index contributed by atoms with van der Waals surface area (Å²) in [5.74, 6) is -0.304. The second-order valence-electron chi connectivity index (χ2n) is 4.43. The van der Waals surface area contributed by atoms with Crippen LogP contribution in [-0.2, 0) is 14.6 Å². The van der Waals surface area contributed by atoms with Crippen molar-refractivity contribution in [2.75, 3.05) is 24.6 Å². The average molecular weight is 245 g/mol. The molecule has 0 aromatic carbocycles. The molecule has 1 amide bonds. The lowest BCUT2D eigenvalue weighted by molar-refractivity contribution is -0.130. The zero-order valence-electron chi connectivity index (χ0n) is 9.68. The van der Waals surface area contributed by atoms with E-state index in [4.69, 9.17) is 0 Å². The number of sulfone groups is 1. The van der Waals surface area contributed by atoms with Crippen molar-refractivity contribution in [3.63, 3.8) is 0 Å². The zero-order chi connectivity index (χ0) is 12.2. The van der Waals surface area contributed by atoms with Gasteiger partial charge in [-0.3, -0.25) is 4.79 Å². The van der Waals surface area contributed by atoms with E-state index in [1.807, 2.05) is 0 Å². The SMILES string of the molecule is C=CCS(=O)(=O)CC(=O)N1CCCC(C)C1. The maximum atomic E-state index is 11.7. The van der Waals surface area contributed by atoms with Gasteiger partial charge in [-0.05, 0) is 18.8 Å². The van der Waals surface area contributed by atoms with Gasteiger partial charge in [0.1, 0.15) is 5.75 Å². The molecular weight excluding hydrogens is 226 g/mol. The van der Waals surface area contributed by atoms with Gasteiger partial charge in [0.2, 0.25) is 5.91 Å². The first kappa shape index (κ1) is 13.2. The van der Waals surface area contributed by atoms with E-state index in [1.54, 1.807) is 4.90 Å². The lowest BCUT2D eigenvalue weighted by Gasteiger charge is -2.30. The van der Waals surface area contributed by atoms with Crippen molar-refractivity contribution in [1.82, 2.24) is 4.90 Å². The molecule has 0 radical (unpaired) electrons. The van der Waals surface area contributed by atoms with Crippen molar-refractivity contribution in [3.05, 3.63) is 12.7 Å². The van der Waals surface area contributed by atoms with Crippen molar-refractivity contribution in [1.29, 1.82) is 0 Å². The Morgan fingerprint density at radius 2 is 2.25 bits per heavy atom. The molecule has 1 rings (SSSR count). The summed E-state index contributed by atoms with van der Waals surface area (Å²) in [6.45, 7) is 6.82. The number of amides is 1. The number of hydrogen-bond donors (Lipinski definition) is 0. The minimum absolute atomic E-state index is 0.123. The van der Waals surface area contributed by atoms with Crippen molar-refractivity contribution in [2.45, 2.75) is 19.8 Å². The van der Waals surface area contributed by atoms with Gasteiger partial charge < -0.3 is 4.90 Å². The van der Waals surface area contributed by atoms with Gasteiger partial charge in [0.15, 0.2) is 9.84 Å². The third kappa shape index (κ3) is 3.96. The Labute approximate surface area is 97.2 Å². The fourth-order valence-electron chi connectivity index (χ4n) is 1.93. The topological polar surface area (TPSA) is 54.5 Å². The first-order valence-corrected chi connectivity index (χ1v) is 7.36. The van der Waals surface area contributed by atoms with Crippen LogP contribution in [0.4, 0.5) is 0 Å². The van der Waals surface area contributed by atoms with Crippen LogP contribution in [0.3, 0.4) is 0 Å². The fraction of sp³-hybridized carbons (Fsp3) is 0.727. The van der Waals surface area contributed by atoms with Crippen molar-refractivity contribution < 1.29 is 13.2 Å². The summed E-state index contributed by atoms with van der Waals surface area (Å²) in [5.41, 5.74) is 0. The van der Waals surface area contributed by atoms with Crippen LogP contribution < -0.4 is 0 Å². The predicted molar refractivity (Wildman–Crippen MR) is 63.8 cm³/mol. The van der Waals surface area contributed by atoms with Crippen LogP contribution in [0.25, 0.3) is 0 Å². The number of piperidine rings is 1. The van der Waals surface area contributed by atoms with Gasteiger partial charge in [0, 0.05) is 13.1 Å². The van der Waals surface area contributed by atoms with Crippen LogP contribution >= 0.6 is 0 Å². The van der Waals surface area contributed by atoms with Crippen molar-refractivity contribution in [3.8, 4) is 0 Å².